The number of rotatable bonds is 9. The first-order valence-corrected chi connectivity index (χ1v) is 8.17. The van der Waals surface area contributed by atoms with Gasteiger partial charge in [-0.15, -0.1) is 11.3 Å². The molecule has 0 bridgehead atoms. The second-order valence-electron chi connectivity index (χ2n) is 4.46. The Morgan fingerprint density at radius 3 is 2.56 bits per heavy atom. The van der Waals surface area contributed by atoms with Gasteiger partial charge >= 0.3 is 0 Å². The fraction of sp³-hybridized carbons (Fsp3) is 0.714. The highest BCUT2D eigenvalue weighted by Gasteiger charge is 2.16. The van der Waals surface area contributed by atoms with Crippen LogP contribution in [0.2, 0.25) is 5.02 Å². The molecule has 18 heavy (non-hydrogen) atoms. The predicted molar refractivity (Wildman–Crippen MR) is 82.8 cm³/mol. The van der Waals surface area contributed by atoms with Gasteiger partial charge in [0.2, 0.25) is 0 Å². The van der Waals surface area contributed by atoms with Gasteiger partial charge in [-0.05, 0) is 50.5 Å². The minimum absolute atomic E-state index is 0.401. The van der Waals surface area contributed by atoms with Crippen LogP contribution in [-0.4, -0.2) is 31.1 Å². The largest absolute Gasteiger partial charge is 0.309 e. The first kappa shape index (κ1) is 16.0. The van der Waals surface area contributed by atoms with Gasteiger partial charge in [0, 0.05) is 10.9 Å². The third-order valence-corrected chi connectivity index (χ3v) is 4.70. The molecule has 1 aromatic heterocycles. The Balaban J connectivity index is 2.59. The van der Waals surface area contributed by atoms with Crippen LogP contribution in [0.4, 0.5) is 0 Å². The topological polar surface area (TPSA) is 15.3 Å². The van der Waals surface area contributed by atoms with Crippen molar-refractivity contribution in [2.45, 2.75) is 39.7 Å². The van der Waals surface area contributed by atoms with Gasteiger partial charge in [0.25, 0.3) is 0 Å². The van der Waals surface area contributed by atoms with Gasteiger partial charge in [-0.25, -0.2) is 0 Å². The molecule has 0 spiro atoms. The summed E-state index contributed by atoms with van der Waals surface area (Å²) in [5.74, 6) is 0. The van der Waals surface area contributed by atoms with Crippen molar-refractivity contribution in [1.82, 2.24) is 10.2 Å². The van der Waals surface area contributed by atoms with Gasteiger partial charge in [0.05, 0.1) is 5.02 Å². The summed E-state index contributed by atoms with van der Waals surface area (Å²) in [6, 6.07) is 2.40. The molecule has 0 saturated heterocycles. The number of thiophene rings is 1. The molecule has 0 aliphatic rings. The Hall–Kier alpha value is -0.0900. The monoisotopic (exact) mass is 288 g/mol. The fourth-order valence-corrected chi connectivity index (χ4v) is 3.35. The summed E-state index contributed by atoms with van der Waals surface area (Å²) in [7, 11) is 0. The van der Waals surface area contributed by atoms with Gasteiger partial charge in [-0.1, -0.05) is 32.4 Å². The van der Waals surface area contributed by atoms with Crippen molar-refractivity contribution in [2.75, 3.05) is 26.2 Å². The van der Waals surface area contributed by atoms with Gasteiger partial charge < -0.3 is 10.2 Å². The molecule has 0 fully saturated rings. The molecule has 1 aromatic rings. The Labute approximate surface area is 120 Å². The zero-order chi connectivity index (χ0) is 13.4. The first-order chi connectivity index (χ1) is 8.72. The zero-order valence-electron chi connectivity index (χ0n) is 11.7. The predicted octanol–water partition coefficient (Wildman–Crippen LogP) is 4.17. The highest BCUT2D eigenvalue weighted by Crippen LogP contribution is 2.30. The molecule has 1 heterocycles. The smallest absolute Gasteiger partial charge is 0.0561 e. The lowest BCUT2D eigenvalue weighted by Gasteiger charge is -2.23. The molecule has 2 nitrogen and oxygen atoms in total. The lowest BCUT2D eigenvalue weighted by molar-refractivity contribution is 0.282. The van der Waals surface area contributed by atoms with E-state index in [0.29, 0.717) is 6.04 Å². The van der Waals surface area contributed by atoms with Crippen LogP contribution in [0.25, 0.3) is 0 Å². The number of halogens is 1. The summed E-state index contributed by atoms with van der Waals surface area (Å²) in [6.07, 6.45) is 2.28. The highest BCUT2D eigenvalue weighted by molar-refractivity contribution is 7.10. The first-order valence-electron chi connectivity index (χ1n) is 6.91. The number of nitrogens with zero attached hydrogens (tertiary/aromatic N) is 1. The third-order valence-electron chi connectivity index (χ3n) is 3.23. The van der Waals surface area contributed by atoms with Crippen molar-refractivity contribution in [3.8, 4) is 0 Å². The molecule has 0 aliphatic carbocycles. The summed E-state index contributed by atoms with van der Waals surface area (Å²) in [6.45, 7) is 11.1. The molecular weight excluding hydrogens is 264 g/mol. The van der Waals surface area contributed by atoms with Crippen LogP contribution in [0, 0.1) is 0 Å². The number of nitrogens with one attached hydrogen (secondary N) is 1. The SMILES string of the molecule is CCCNC(CCN(CC)CC)c1sccc1Cl. The van der Waals surface area contributed by atoms with Crippen LogP contribution < -0.4 is 5.32 Å². The molecule has 0 aromatic carbocycles. The van der Waals surface area contributed by atoms with Gasteiger partial charge in [-0.2, -0.15) is 0 Å². The summed E-state index contributed by atoms with van der Waals surface area (Å²) in [5, 5.41) is 6.60. The van der Waals surface area contributed by atoms with E-state index < -0.39 is 0 Å². The van der Waals surface area contributed by atoms with E-state index >= 15 is 0 Å². The van der Waals surface area contributed by atoms with Gasteiger partial charge in [-0.3, -0.25) is 0 Å². The standard InChI is InChI=1S/C14H25ClN2S/c1-4-9-16-13(7-10-17(5-2)6-3)14-12(15)8-11-18-14/h8,11,13,16H,4-7,9-10H2,1-3H3. The molecule has 1 rings (SSSR count). The van der Waals surface area contributed by atoms with E-state index in [9.17, 15) is 0 Å². The van der Waals surface area contributed by atoms with Gasteiger partial charge in [0.1, 0.15) is 0 Å². The summed E-state index contributed by atoms with van der Waals surface area (Å²) >= 11 is 8.02. The Kier molecular flexibility index (Phi) is 7.91. The lowest BCUT2D eigenvalue weighted by Crippen LogP contribution is -2.29. The van der Waals surface area contributed by atoms with Crippen molar-refractivity contribution in [3.05, 3.63) is 21.3 Å². The second-order valence-corrected chi connectivity index (χ2v) is 5.81. The van der Waals surface area contributed by atoms with E-state index in [1.165, 1.54) is 4.88 Å². The maximum atomic E-state index is 6.25. The minimum atomic E-state index is 0.401. The van der Waals surface area contributed by atoms with E-state index in [-0.39, 0.29) is 0 Å². The molecule has 1 unspecified atom stereocenters. The van der Waals surface area contributed by atoms with Crippen molar-refractivity contribution < 1.29 is 0 Å². The summed E-state index contributed by atoms with van der Waals surface area (Å²) in [4.78, 5) is 3.75. The van der Waals surface area contributed by atoms with Crippen LogP contribution in [-0.2, 0) is 0 Å². The van der Waals surface area contributed by atoms with Crippen LogP contribution in [0.5, 0.6) is 0 Å². The highest BCUT2D eigenvalue weighted by atomic mass is 35.5. The molecule has 0 aliphatic heterocycles. The normalized spacial score (nSPS) is 13.2. The van der Waals surface area contributed by atoms with Crippen molar-refractivity contribution in [3.63, 3.8) is 0 Å². The van der Waals surface area contributed by atoms with E-state index in [1.54, 1.807) is 11.3 Å². The van der Waals surface area contributed by atoms with E-state index in [0.717, 1.165) is 44.0 Å². The number of hydrogen-bond donors (Lipinski definition) is 1. The van der Waals surface area contributed by atoms with Crippen molar-refractivity contribution in [1.29, 1.82) is 0 Å². The Bertz CT molecular complexity index is 323. The van der Waals surface area contributed by atoms with Crippen LogP contribution >= 0.6 is 22.9 Å². The molecule has 1 atom stereocenters. The quantitative estimate of drug-likeness (QED) is 0.733. The molecule has 4 heteroatoms. The minimum Gasteiger partial charge on any atom is -0.309 e. The molecular formula is C14H25ClN2S. The van der Waals surface area contributed by atoms with E-state index in [2.05, 4.69) is 36.4 Å². The fourth-order valence-electron chi connectivity index (χ4n) is 2.05. The van der Waals surface area contributed by atoms with Crippen LogP contribution in [0.3, 0.4) is 0 Å². The van der Waals surface area contributed by atoms with Crippen LogP contribution in [0.1, 0.15) is 44.5 Å². The molecule has 104 valence electrons. The Morgan fingerprint density at radius 1 is 1.33 bits per heavy atom. The molecule has 0 saturated carbocycles. The Morgan fingerprint density at radius 2 is 2.06 bits per heavy atom. The number of hydrogen-bond acceptors (Lipinski definition) is 3. The molecule has 1 N–H and O–H groups in total. The maximum Gasteiger partial charge on any atom is 0.0561 e. The molecule has 0 radical (unpaired) electrons. The second kappa shape index (κ2) is 8.92. The molecule has 0 amide bonds. The van der Waals surface area contributed by atoms with E-state index in [1.807, 2.05) is 6.07 Å². The average molecular weight is 289 g/mol. The van der Waals surface area contributed by atoms with Crippen LogP contribution in [0.15, 0.2) is 11.4 Å². The third kappa shape index (κ3) is 4.88. The lowest BCUT2D eigenvalue weighted by atomic mass is 10.1. The average Bonchev–Trinajstić information content (AvgIpc) is 2.80. The summed E-state index contributed by atoms with van der Waals surface area (Å²) in [5.41, 5.74) is 0. The summed E-state index contributed by atoms with van der Waals surface area (Å²) < 4.78 is 0. The van der Waals surface area contributed by atoms with E-state index in [4.69, 9.17) is 11.6 Å². The van der Waals surface area contributed by atoms with Gasteiger partial charge in [0.15, 0.2) is 0 Å². The van der Waals surface area contributed by atoms with Crippen molar-refractivity contribution >= 4 is 22.9 Å². The maximum absolute atomic E-state index is 6.25. The van der Waals surface area contributed by atoms with Crippen molar-refractivity contribution in [2.24, 2.45) is 0 Å². The zero-order valence-corrected chi connectivity index (χ0v) is 13.3.